The fourth-order valence-corrected chi connectivity index (χ4v) is 1.31. The van der Waals surface area contributed by atoms with Gasteiger partial charge >= 0.3 is 0 Å². The van der Waals surface area contributed by atoms with E-state index >= 15 is 0 Å². The van der Waals surface area contributed by atoms with Crippen LogP contribution in [-0.4, -0.2) is 6.04 Å². The van der Waals surface area contributed by atoms with E-state index in [0.717, 1.165) is 0 Å². The summed E-state index contributed by atoms with van der Waals surface area (Å²) in [7, 11) is 0. The molecule has 0 aromatic heterocycles. The van der Waals surface area contributed by atoms with Crippen LogP contribution in [0.25, 0.3) is 6.08 Å². The molecule has 1 rings (SSSR count). The van der Waals surface area contributed by atoms with Gasteiger partial charge in [0.2, 0.25) is 0 Å². The van der Waals surface area contributed by atoms with Crippen molar-refractivity contribution >= 4 is 6.08 Å². The first-order chi connectivity index (χ1) is 6.52. The highest BCUT2D eigenvalue weighted by Gasteiger charge is 2.00. The maximum absolute atomic E-state index is 5.80. The summed E-state index contributed by atoms with van der Waals surface area (Å²) in [4.78, 5) is 0. The molecule has 0 fully saturated rings. The first kappa shape index (κ1) is 11.0. The molecule has 0 aliphatic heterocycles. The molecule has 1 unspecified atom stereocenters. The predicted octanol–water partition coefficient (Wildman–Crippen LogP) is 3.05. The fourth-order valence-electron chi connectivity index (χ4n) is 1.31. The van der Waals surface area contributed by atoms with E-state index in [9.17, 15) is 0 Å². The van der Waals surface area contributed by atoms with Gasteiger partial charge in [-0.25, -0.2) is 0 Å². The number of nitrogens with two attached hydrogens (primary N) is 1. The first-order valence-corrected chi connectivity index (χ1v) is 5.02. The minimum absolute atomic E-state index is 0.134. The molecule has 0 aliphatic rings. The van der Waals surface area contributed by atoms with Gasteiger partial charge in [-0.05, 0) is 44.4 Å². The lowest BCUT2D eigenvalue weighted by Gasteiger charge is -2.08. The van der Waals surface area contributed by atoms with Crippen molar-refractivity contribution in [3.63, 3.8) is 0 Å². The Kier molecular flexibility index (Phi) is 3.48. The Labute approximate surface area is 86.6 Å². The van der Waals surface area contributed by atoms with Crippen LogP contribution in [0.1, 0.15) is 30.5 Å². The van der Waals surface area contributed by atoms with E-state index in [4.69, 9.17) is 5.73 Å². The molecule has 76 valence electrons. The zero-order chi connectivity index (χ0) is 10.7. The second kappa shape index (κ2) is 4.43. The van der Waals surface area contributed by atoms with E-state index in [0.29, 0.717) is 0 Å². The van der Waals surface area contributed by atoms with Crippen LogP contribution >= 0.6 is 0 Å². The average molecular weight is 189 g/mol. The Morgan fingerprint density at radius 3 is 2.57 bits per heavy atom. The summed E-state index contributed by atoms with van der Waals surface area (Å²) in [6, 6.07) is 6.49. The second-order valence-corrected chi connectivity index (χ2v) is 3.97. The fraction of sp³-hybridized carbons (Fsp3) is 0.385. The Balaban J connectivity index is 3.09. The third kappa shape index (κ3) is 2.46. The van der Waals surface area contributed by atoms with Crippen molar-refractivity contribution in [2.75, 3.05) is 0 Å². The van der Waals surface area contributed by atoms with E-state index in [1.165, 1.54) is 22.3 Å². The monoisotopic (exact) mass is 189 g/mol. The Morgan fingerprint density at radius 2 is 2.00 bits per heavy atom. The molecule has 0 heterocycles. The van der Waals surface area contributed by atoms with E-state index in [1.807, 2.05) is 6.92 Å². The molecule has 1 aromatic rings. The van der Waals surface area contributed by atoms with Gasteiger partial charge in [-0.15, -0.1) is 0 Å². The largest absolute Gasteiger partial charge is 0.324 e. The van der Waals surface area contributed by atoms with Crippen LogP contribution in [-0.2, 0) is 0 Å². The molecular formula is C13H19N. The zero-order valence-electron chi connectivity index (χ0n) is 9.46. The van der Waals surface area contributed by atoms with Gasteiger partial charge in [-0.3, -0.25) is 0 Å². The molecule has 0 bridgehead atoms. The van der Waals surface area contributed by atoms with Gasteiger partial charge in [0.15, 0.2) is 0 Å². The lowest BCUT2D eigenvalue weighted by atomic mass is 10.00. The van der Waals surface area contributed by atoms with Crippen molar-refractivity contribution in [3.8, 4) is 0 Å². The SMILES string of the molecule is C/C(=C\c1cccc(C)c1C)C(C)N. The van der Waals surface area contributed by atoms with Crippen molar-refractivity contribution < 1.29 is 0 Å². The van der Waals surface area contributed by atoms with E-state index < -0.39 is 0 Å². The van der Waals surface area contributed by atoms with Crippen molar-refractivity contribution in [2.45, 2.75) is 33.7 Å². The van der Waals surface area contributed by atoms with Crippen LogP contribution in [0.15, 0.2) is 23.8 Å². The molecule has 0 aliphatic carbocycles. The summed E-state index contributed by atoms with van der Waals surface area (Å²) >= 11 is 0. The third-order valence-electron chi connectivity index (χ3n) is 2.75. The number of benzene rings is 1. The lowest BCUT2D eigenvalue weighted by molar-refractivity contribution is 0.868. The molecule has 0 amide bonds. The smallest absolute Gasteiger partial charge is 0.0225 e. The summed E-state index contributed by atoms with van der Waals surface area (Å²) in [5.41, 5.74) is 11.0. The number of hydrogen-bond donors (Lipinski definition) is 1. The van der Waals surface area contributed by atoms with Gasteiger partial charge in [-0.2, -0.15) is 0 Å². The molecule has 1 atom stereocenters. The van der Waals surface area contributed by atoms with Gasteiger partial charge in [0.1, 0.15) is 0 Å². The standard InChI is InChI=1S/C13H19N/c1-9-6-5-7-13(11(9)3)8-10(2)12(4)14/h5-8,12H,14H2,1-4H3/b10-8+. The predicted molar refractivity (Wildman–Crippen MR) is 63.2 cm³/mol. The van der Waals surface area contributed by atoms with E-state index in [-0.39, 0.29) is 6.04 Å². The molecule has 14 heavy (non-hydrogen) atoms. The topological polar surface area (TPSA) is 26.0 Å². The van der Waals surface area contributed by atoms with E-state index in [1.54, 1.807) is 0 Å². The minimum atomic E-state index is 0.134. The third-order valence-corrected chi connectivity index (χ3v) is 2.75. The summed E-state index contributed by atoms with van der Waals surface area (Å²) in [6.45, 7) is 8.37. The van der Waals surface area contributed by atoms with E-state index in [2.05, 4.69) is 45.0 Å². The molecule has 0 saturated carbocycles. The Hall–Kier alpha value is -1.08. The van der Waals surface area contributed by atoms with Crippen LogP contribution in [0, 0.1) is 13.8 Å². The van der Waals surface area contributed by atoms with Crippen LogP contribution < -0.4 is 5.73 Å². The van der Waals surface area contributed by atoms with Crippen molar-refractivity contribution in [1.29, 1.82) is 0 Å². The van der Waals surface area contributed by atoms with Crippen LogP contribution in [0.2, 0.25) is 0 Å². The summed E-state index contributed by atoms with van der Waals surface area (Å²) < 4.78 is 0. The molecular weight excluding hydrogens is 170 g/mol. The van der Waals surface area contributed by atoms with Crippen molar-refractivity contribution in [1.82, 2.24) is 0 Å². The molecule has 1 aromatic carbocycles. The summed E-state index contributed by atoms with van der Waals surface area (Å²) in [5, 5.41) is 0. The zero-order valence-corrected chi connectivity index (χ0v) is 9.46. The maximum Gasteiger partial charge on any atom is 0.0225 e. The first-order valence-electron chi connectivity index (χ1n) is 5.02. The highest BCUT2D eigenvalue weighted by molar-refractivity contribution is 5.58. The normalized spacial score (nSPS) is 14.2. The van der Waals surface area contributed by atoms with Gasteiger partial charge in [0.25, 0.3) is 0 Å². The molecule has 2 N–H and O–H groups in total. The molecule has 0 spiro atoms. The van der Waals surface area contributed by atoms with Crippen LogP contribution in [0.3, 0.4) is 0 Å². The van der Waals surface area contributed by atoms with Crippen LogP contribution in [0.4, 0.5) is 0 Å². The Bertz CT molecular complexity index is 348. The molecule has 1 heteroatoms. The lowest BCUT2D eigenvalue weighted by Crippen LogP contribution is -2.15. The van der Waals surface area contributed by atoms with Crippen molar-refractivity contribution in [3.05, 3.63) is 40.5 Å². The Morgan fingerprint density at radius 1 is 1.36 bits per heavy atom. The molecule has 1 nitrogen and oxygen atoms in total. The highest BCUT2D eigenvalue weighted by atomic mass is 14.6. The van der Waals surface area contributed by atoms with Crippen molar-refractivity contribution in [2.24, 2.45) is 5.73 Å². The summed E-state index contributed by atoms with van der Waals surface area (Å²) in [5.74, 6) is 0. The minimum Gasteiger partial charge on any atom is -0.324 e. The van der Waals surface area contributed by atoms with Gasteiger partial charge in [0, 0.05) is 6.04 Å². The van der Waals surface area contributed by atoms with Gasteiger partial charge in [0.05, 0.1) is 0 Å². The second-order valence-electron chi connectivity index (χ2n) is 3.97. The quantitative estimate of drug-likeness (QED) is 0.760. The highest BCUT2D eigenvalue weighted by Crippen LogP contribution is 2.16. The maximum atomic E-state index is 5.80. The van der Waals surface area contributed by atoms with Crippen LogP contribution in [0.5, 0.6) is 0 Å². The molecule has 0 saturated heterocycles. The number of hydrogen-bond acceptors (Lipinski definition) is 1. The average Bonchev–Trinajstić information content (AvgIpc) is 2.12. The number of aryl methyl sites for hydroxylation is 1. The number of rotatable bonds is 2. The van der Waals surface area contributed by atoms with Gasteiger partial charge < -0.3 is 5.73 Å². The molecule has 0 radical (unpaired) electrons. The van der Waals surface area contributed by atoms with Gasteiger partial charge in [-0.1, -0.05) is 29.8 Å². The summed E-state index contributed by atoms with van der Waals surface area (Å²) in [6.07, 6.45) is 2.17.